The number of hydrogen-bond acceptors (Lipinski definition) is 2. The standard InChI is InChI=1S/C20H23N3O2/c24-19(11-16-15-6-2-4-8-18(15)23-20(16)25)21-10-9-13-12-22-17-7-3-1-5-14(13)17/h1,3,5,7,12,18,22H,2,4,6,8-11H2,(H,21,24)(H,23,25). The molecule has 1 atom stereocenters. The Morgan fingerprint density at radius 2 is 2.12 bits per heavy atom. The lowest BCUT2D eigenvalue weighted by Crippen LogP contribution is -2.31. The molecule has 5 nitrogen and oxygen atoms in total. The number of carbonyl (C=O) groups is 2. The van der Waals surface area contributed by atoms with E-state index in [9.17, 15) is 9.59 Å². The van der Waals surface area contributed by atoms with E-state index in [1.807, 2.05) is 24.4 Å². The van der Waals surface area contributed by atoms with Gasteiger partial charge >= 0.3 is 0 Å². The van der Waals surface area contributed by atoms with Gasteiger partial charge in [0.15, 0.2) is 0 Å². The quantitative estimate of drug-likeness (QED) is 0.784. The van der Waals surface area contributed by atoms with E-state index >= 15 is 0 Å². The number of amides is 2. The third kappa shape index (κ3) is 3.18. The SMILES string of the molecule is O=C(CC1=C2CCCCC2NC1=O)NCCc1c[nH]c2ccccc12. The number of rotatable bonds is 5. The summed E-state index contributed by atoms with van der Waals surface area (Å²) in [4.78, 5) is 27.7. The largest absolute Gasteiger partial charge is 0.361 e. The first kappa shape index (κ1) is 15.9. The number of fused-ring (bicyclic) bond motifs is 2. The summed E-state index contributed by atoms with van der Waals surface area (Å²) in [5, 5.41) is 7.17. The summed E-state index contributed by atoms with van der Waals surface area (Å²) in [5.74, 6) is -0.114. The number of benzene rings is 1. The van der Waals surface area contributed by atoms with Crippen molar-refractivity contribution < 1.29 is 9.59 Å². The molecule has 0 radical (unpaired) electrons. The van der Waals surface area contributed by atoms with E-state index in [1.165, 1.54) is 16.5 Å². The molecule has 1 unspecified atom stereocenters. The molecule has 1 aromatic carbocycles. The molecule has 3 N–H and O–H groups in total. The molecular formula is C20H23N3O2. The van der Waals surface area contributed by atoms with Crippen molar-refractivity contribution in [3.05, 3.63) is 47.2 Å². The zero-order valence-corrected chi connectivity index (χ0v) is 14.2. The van der Waals surface area contributed by atoms with E-state index in [0.717, 1.165) is 37.6 Å². The first-order valence-corrected chi connectivity index (χ1v) is 9.07. The van der Waals surface area contributed by atoms with Gasteiger partial charge in [-0.1, -0.05) is 24.6 Å². The number of aromatic amines is 1. The second-order valence-corrected chi connectivity index (χ2v) is 6.91. The summed E-state index contributed by atoms with van der Waals surface area (Å²) < 4.78 is 0. The van der Waals surface area contributed by atoms with Crippen LogP contribution in [-0.2, 0) is 16.0 Å². The fraction of sp³-hybridized carbons (Fsp3) is 0.400. The Kier molecular flexibility index (Phi) is 4.30. The smallest absolute Gasteiger partial charge is 0.248 e. The molecule has 0 bridgehead atoms. The van der Waals surface area contributed by atoms with Gasteiger partial charge in [-0.15, -0.1) is 0 Å². The molecule has 2 aromatic rings. The average molecular weight is 337 g/mol. The van der Waals surface area contributed by atoms with Crippen LogP contribution in [0.4, 0.5) is 0 Å². The summed E-state index contributed by atoms with van der Waals surface area (Å²) in [5.41, 5.74) is 4.18. The van der Waals surface area contributed by atoms with Crippen LogP contribution in [0.25, 0.3) is 10.9 Å². The molecule has 1 fully saturated rings. The maximum Gasteiger partial charge on any atom is 0.248 e. The molecule has 2 aliphatic rings. The van der Waals surface area contributed by atoms with E-state index in [1.54, 1.807) is 0 Å². The predicted octanol–water partition coefficient (Wildman–Crippen LogP) is 2.59. The lowest BCUT2D eigenvalue weighted by molar-refractivity contribution is -0.123. The van der Waals surface area contributed by atoms with Gasteiger partial charge in [-0.05, 0) is 42.9 Å². The Morgan fingerprint density at radius 1 is 1.24 bits per heavy atom. The van der Waals surface area contributed by atoms with E-state index in [-0.39, 0.29) is 24.3 Å². The van der Waals surface area contributed by atoms with Crippen LogP contribution in [0.3, 0.4) is 0 Å². The second kappa shape index (κ2) is 6.75. The molecule has 0 saturated heterocycles. The average Bonchev–Trinajstić information content (AvgIpc) is 3.17. The minimum Gasteiger partial charge on any atom is -0.361 e. The first-order valence-electron chi connectivity index (χ1n) is 9.07. The minimum atomic E-state index is -0.0660. The van der Waals surface area contributed by atoms with Gasteiger partial charge in [0.05, 0.1) is 12.5 Å². The monoisotopic (exact) mass is 337 g/mol. The van der Waals surface area contributed by atoms with Crippen LogP contribution >= 0.6 is 0 Å². The van der Waals surface area contributed by atoms with Gasteiger partial charge in [0.2, 0.25) is 11.8 Å². The molecule has 4 rings (SSSR count). The maximum absolute atomic E-state index is 12.3. The van der Waals surface area contributed by atoms with Gasteiger partial charge in [-0.25, -0.2) is 0 Å². The molecule has 1 saturated carbocycles. The summed E-state index contributed by atoms with van der Waals surface area (Å²) in [6.07, 6.45) is 7.19. The van der Waals surface area contributed by atoms with Crippen LogP contribution in [0.5, 0.6) is 0 Å². The summed E-state index contributed by atoms with van der Waals surface area (Å²) in [6.45, 7) is 0.578. The number of para-hydroxylation sites is 1. The Hall–Kier alpha value is -2.56. The van der Waals surface area contributed by atoms with E-state index in [2.05, 4.69) is 21.7 Å². The van der Waals surface area contributed by atoms with E-state index < -0.39 is 0 Å². The molecule has 0 spiro atoms. The van der Waals surface area contributed by atoms with Crippen molar-refractivity contribution >= 4 is 22.7 Å². The molecule has 1 aliphatic carbocycles. The molecule has 5 heteroatoms. The van der Waals surface area contributed by atoms with Gasteiger partial charge in [0.1, 0.15) is 0 Å². The highest BCUT2D eigenvalue weighted by molar-refractivity contribution is 6.02. The van der Waals surface area contributed by atoms with E-state index in [0.29, 0.717) is 12.1 Å². The lowest BCUT2D eigenvalue weighted by Gasteiger charge is -2.20. The van der Waals surface area contributed by atoms with Gasteiger partial charge in [-0.3, -0.25) is 9.59 Å². The highest BCUT2D eigenvalue weighted by atomic mass is 16.2. The molecule has 1 aliphatic heterocycles. The van der Waals surface area contributed by atoms with Crippen molar-refractivity contribution in [3.63, 3.8) is 0 Å². The van der Waals surface area contributed by atoms with Crippen molar-refractivity contribution in [3.8, 4) is 0 Å². The Labute approximate surface area is 146 Å². The highest BCUT2D eigenvalue weighted by Crippen LogP contribution is 2.32. The second-order valence-electron chi connectivity index (χ2n) is 6.91. The van der Waals surface area contributed by atoms with Crippen LogP contribution in [0.15, 0.2) is 41.6 Å². The van der Waals surface area contributed by atoms with Crippen molar-refractivity contribution in [2.24, 2.45) is 0 Å². The fourth-order valence-electron chi connectivity index (χ4n) is 4.02. The Balaban J connectivity index is 1.34. The molecule has 25 heavy (non-hydrogen) atoms. The maximum atomic E-state index is 12.3. The number of aromatic nitrogens is 1. The highest BCUT2D eigenvalue weighted by Gasteiger charge is 2.33. The van der Waals surface area contributed by atoms with Gasteiger partial charge in [-0.2, -0.15) is 0 Å². The van der Waals surface area contributed by atoms with Gasteiger partial charge in [0, 0.05) is 29.2 Å². The molecule has 1 aromatic heterocycles. The van der Waals surface area contributed by atoms with Crippen LogP contribution in [-0.4, -0.2) is 29.4 Å². The first-order chi connectivity index (χ1) is 12.2. The zero-order chi connectivity index (χ0) is 17.2. The van der Waals surface area contributed by atoms with Crippen LogP contribution in [0, 0.1) is 0 Å². The normalized spacial score (nSPS) is 19.8. The van der Waals surface area contributed by atoms with E-state index in [4.69, 9.17) is 0 Å². The fourth-order valence-corrected chi connectivity index (χ4v) is 4.02. The summed E-state index contributed by atoms with van der Waals surface area (Å²) in [7, 11) is 0. The number of hydrogen-bond donors (Lipinski definition) is 3. The van der Waals surface area contributed by atoms with Gasteiger partial charge in [0.25, 0.3) is 0 Å². The Bertz CT molecular complexity index is 849. The number of H-pyrrole nitrogens is 1. The van der Waals surface area contributed by atoms with Crippen molar-refractivity contribution in [1.82, 2.24) is 15.6 Å². The third-order valence-electron chi connectivity index (χ3n) is 5.31. The molecule has 2 heterocycles. The zero-order valence-electron chi connectivity index (χ0n) is 14.2. The van der Waals surface area contributed by atoms with Crippen LogP contribution < -0.4 is 10.6 Å². The van der Waals surface area contributed by atoms with Crippen LogP contribution in [0.2, 0.25) is 0 Å². The number of nitrogens with one attached hydrogen (secondary N) is 3. The predicted molar refractivity (Wildman–Crippen MR) is 97.1 cm³/mol. The lowest BCUT2D eigenvalue weighted by atomic mass is 9.88. The van der Waals surface area contributed by atoms with Crippen molar-refractivity contribution in [2.45, 2.75) is 44.6 Å². The topological polar surface area (TPSA) is 74.0 Å². The van der Waals surface area contributed by atoms with Crippen molar-refractivity contribution in [2.75, 3.05) is 6.54 Å². The minimum absolute atomic E-state index is 0.0475. The molecule has 2 amide bonds. The third-order valence-corrected chi connectivity index (χ3v) is 5.31. The molecule has 130 valence electrons. The Morgan fingerprint density at radius 3 is 3.04 bits per heavy atom. The summed E-state index contributed by atoms with van der Waals surface area (Å²) in [6, 6.07) is 8.33. The molecular weight excluding hydrogens is 314 g/mol. The van der Waals surface area contributed by atoms with Crippen LogP contribution in [0.1, 0.15) is 37.7 Å². The summed E-state index contributed by atoms with van der Waals surface area (Å²) >= 11 is 0. The number of carbonyl (C=O) groups excluding carboxylic acids is 2. The van der Waals surface area contributed by atoms with Gasteiger partial charge < -0.3 is 15.6 Å². The van der Waals surface area contributed by atoms with Crippen molar-refractivity contribution in [1.29, 1.82) is 0 Å².